The Morgan fingerprint density at radius 1 is 1.07 bits per heavy atom. The molecule has 3 saturated heterocycles. The molecule has 1 aromatic carbocycles. The van der Waals surface area contributed by atoms with E-state index in [-0.39, 0.29) is 18.0 Å². The Morgan fingerprint density at radius 2 is 1.84 bits per heavy atom. The zero-order valence-corrected chi connectivity index (χ0v) is 25.9. The summed E-state index contributed by atoms with van der Waals surface area (Å²) in [6.45, 7) is 4.85. The monoisotopic (exact) mass is 628 g/mol. The summed E-state index contributed by atoms with van der Waals surface area (Å²) in [5.74, 6) is 1.23. The number of pyridine rings is 2. The number of nitrogens with one attached hydrogen (secondary N) is 3. The van der Waals surface area contributed by atoms with Crippen LogP contribution >= 0.6 is 11.6 Å². The van der Waals surface area contributed by atoms with E-state index in [4.69, 9.17) is 21.3 Å². The standard InChI is InChI=1S/C33H37ClN8O3/c34-27-19-36-30(18-26(27)28-2-1-3-29(39-28)37-22-33(21-35)11-16-45-17-12-33)38-24-8-13-41(14-9-24)20-23-4-6-25(7-5-23)42-15-10-31(43)40-32(42)44/h1-7,18-19,24H,8-17,20,22H2,(H,36,38)(H,37,39)(H,40,43,44). The Labute approximate surface area is 267 Å². The van der Waals surface area contributed by atoms with E-state index in [1.807, 2.05) is 48.5 Å². The predicted octanol–water partition coefficient (Wildman–Crippen LogP) is 5.05. The van der Waals surface area contributed by atoms with Crippen molar-refractivity contribution in [2.75, 3.05) is 54.9 Å². The molecule has 3 amide bonds. The number of hydrogen-bond acceptors (Lipinski definition) is 9. The predicted molar refractivity (Wildman–Crippen MR) is 173 cm³/mol. The smallest absolute Gasteiger partial charge is 0.328 e. The van der Waals surface area contributed by atoms with Crippen LogP contribution in [0.1, 0.15) is 37.7 Å². The molecule has 0 saturated carbocycles. The quantitative estimate of drug-likeness (QED) is 0.297. The van der Waals surface area contributed by atoms with Crippen LogP contribution in [0, 0.1) is 16.7 Å². The summed E-state index contributed by atoms with van der Waals surface area (Å²) in [5, 5.41) is 19.6. The molecule has 6 rings (SSSR count). The second-order valence-electron chi connectivity index (χ2n) is 11.9. The van der Waals surface area contributed by atoms with Crippen LogP contribution in [0.25, 0.3) is 11.3 Å². The molecule has 3 aromatic rings. The molecule has 0 bridgehead atoms. The van der Waals surface area contributed by atoms with Crippen molar-refractivity contribution in [2.45, 2.75) is 44.7 Å². The minimum Gasteiger partial charge on any atom is -0.381 e. The van der Waals surface area contributed by atoms with E-state index in [1.54, 1.807) is 11.1 Å². The van der Waals surface area contributed by atoms with Crippen LogP contribution in [0.15, 0.2) is 54.7 Å². The Bertz CT molecular complexity index is 1560. The third-order valence-electron chi connectivity index (χ3n) is 8.82. The van der Waals surface area contributed by atoms with E-state index >= 15 is 0 Å². The number of hydrogen-bond donors (Lipinski definition) is 3. The highest BCUT2D eigenvalue weighted by Gasteiger charge is 2.32. The van der Waals surface area contributed by atoms with Crippen LogP contribution in [-0.4, -0.2) is 72.2 Å². The lowest BCUT2D eigenvalue weighted by Gasteiger charge is -2.33. The van der Waals surface area contributed by atoms with E-state index < -0.39 is 5.41 Å². The first-order valence-corrected chi connectivity index (χ1v) is 15.8. The molecule has 45 heavy (non-hydrogen) atoms. The second-order valence-corrected chi connectivity index (χ2v) is 12.3. The summed E-state index contributed by atoms with van der Waals surface area (Å²) < 4.78 is 5.45. The van der Waals surface area contributed by atoms with Crippen molar-refractivity contribution >= 4 is 40.9 Å². The summed E-state index contributed by atoms with van der Waals surface area (Å²) in [5.41, 5.74) is 3.07. The van der Waals surface area contributed by atoms with Crippen LogP contribution < -0.4 is 20.9 Å². The van der Waals surface area contributed by atoms with Gasteiger partial charge in [-0.3, -0.25) is 19.9 Å². The van der Waals surface area contributed by atoms with Crippen molar-refractivity contribution in [2.24, 2.45) is 5.41 Å². The number of rotatable bonds is 9. The number of benzene rings is 1. The van der Waals surface area contributed by atoms with Crippen molar-refractivity contribution < 1.29 is 14.3 Å². The summed E-state index contributed by atoms with van der Waals surface area (Å²) in [4.78, 5) is 36.9. The molecule has 11 nitrogen and oxygen atoms in total. The molecule has 0 radical (unpaired) electrons. The van der Waals surface area contributed by atoms with Gasteiger partial charge in [0, 0.05) is 75.8 Å². The number of carbonyl (C=O) groups is 2. The Balaban J connectivity index is 1.02. The number of likely N-dealkylation sites (tertiary alicyclic amines) is 1. The Morgan fingerprint density at radius 3 is 2.58 bits per heavy atom. The van der Waals surface area contributed by atoms with Gasteiger partial charge in [-0.25, -0.2) is 14.8 Å². The third-order valence-corrected chi connectivity index (χ3v) is 9.12. The summed E-state index contributed by atoms with van der Waals surface area (Å²) >= 11 is 6.58. The summed E-state index contributed by atoms with van der Waals surface area (Å²) in [6, 6.07) is 18.1. The van der Waals surface area contributed by atoms with Crippen LogP contribution in [0.3, 0.4) is 0 Å². The first-order chi connectivity index (χ1) is 21.9. The maximum atomic E-state index is 12.1. The highest BCUT2D eigenvalue weighted by Crippen LogP contribution is 2.32. The number of ether oxygens (including phenoxy) is 1. The molecular formula is C33H37ClN8O3. The van der Waals surface area contributed by atoms with Gasteiger partial charge in [-0.15, -0.1) is 0 Å². The Hall–Kier alpha value is -4.24. The molecule has 12 heteroatoms. The van der Waals surface area contributed by atoms with Crippen LogP contribution in [0.2, 0.25) is 5.02 Å². The second kappa shape index (κ2) is 13.8. The lowest BCUT2D eigenvalue weighted by molar-refractivity contribution is -0.120. The lowest BCUT2D eigenvalue weighted by atomic mass is 9.82. The molecule has 0 unspecified atom stereocenters. The van der Waals surface area contributed by atoms with Crippen LogP contribution in [-0.2, 0) is 16.1 Å². The van der Waals surface area contributed by atoms with Crippen LogP contribution in [0.5, 0.6) is 0 Å². The number of imide groups is 1. The number of aromatic nitrogens is 2. The summed E-state index contributed by atoms with van der Waals surface area (Å²) in [7, 11) is 0. The number of carbonyl (C=O) groups excluding carboxylic acids is 2. The third kappa shape index (κ3) is 7.53. The normalized spacial score (nSPS) is 19.1. The van der Waals surface area contributed by atoms with Crippen molar-refractivity contribution in [3.63, 3.8) is 0 Å². The number of anilines is 3. The van der Waals surface area contributed by atoms with Gasteiger partial charge in [0.1, 0.15) is 11.6 Å². The van der Waals surface area contributed by atoms with Crippen molar-refractivity contribution in [1.29, 1.82) is 5.26 Å². The zero-order chi connectivity index (χ0) is 31.2. The topological polar surface area (TPSA) is 136 Å². The van der Waals surface area contributed by atoms with Crippen LogP contribution in [0.4, 0.5) is 22.1 Å². The lowest BCUT2D eigenvalue weighted by Crippen LogP contribution is -2.49. The van der Waals surface area contributed by atoms with Gasteiger partial charge in [0.05, 0.1) is 22.2 Å². The van der Waals surface area contributed by atoms with E-state index in [2.05, 4.69) is 31.9 Å². The number of amides is 3. The minimum absolute atomic E-state index is 0.231. The highest BCUT2D eigenvalue weighted by molar-refractivity contribution is 6.33. The average Bonchev–Trinajstić information content (AvgIpc) is 3.07. The maximum absolute atomic E-state index is 12.1. The van der Waals surface area contributed by atoms with Gasteiger partial charge in [0.25, 0.3) is 0 Å². The maximum Gasteiger partial charge on any atom is 0.328 e. The molecule has 234 valence electrons. The summed E-state index contributed by atoms with van der Waals surface area (Å²) in [6.07, 6.45) is 5.34. The average molecular weight is 629 g/mol. The number of urea groups is 1. The van der Waals surface area contributed by atoms with Gasteiger partial charge < -0.3 is 15.4 Å². The molecule has 3 aliphatic heterocycles. The SMILES string of the molecule is N#CC1(CNc2cccc(-c3cc(NC4CCN(Cc5ccc(N6CCC(=O)NC6=O)cc5)CC4)ncc3Cl)n2)CCOCC1. The fourth-order valence-electron chi connectivity index (χ4n) is 6.04. The molecule has 0 aliphatic carbocycles. The fraction of sp³-hybridized carbons (Fsp3) is 0.424. The molecule has 3 N–H and O–H groups in total. The first-order valence-electron chi connectivity index (χ1n) is 15.4. The molecule has 5 heterocycles. The van der Waals surface area contributed by atoms with E-state index in [1.165, 1.54) is 5.56 Å². The Kier molecular flexibility index (Phi) is 9.45. The molecule has 3 aliphatic rings. The van der Waals surface area contributed by atoms with Gasteiger partial charge in [-0.1, -0.05) is 29.8 Å². The highest BCUT2D eigenvalue weighted by atomic mass is 35.5. The molecular weight excluding hydrogens is 592 g/mol. The number of halogens is 1. The van der Waals surface area contributed by atoms with E-state index in [9.17, 15) is 14.9 Å². The van der Waals surface area contributed by atoms with Gasteiger partial charge in [-0.2, -0.15) is 5.26 Å². The van der Waals surface area contributed by atoms with Crippen molar-refractivity contribution in [3.8, 4) is 17.3 Å². The minimum atomic E-state index is -0.447. The van der Waals surface area contributed by atoms with Gasteiger partial charge in [-0.05, 0) is 61.6 Å². The van der Waals surface area contributed by atoms with E-state index in [0.717, 1.165) is 55.2 Å². The van der Waals surface area contributed by atoms with Crippen molar-refractivity contribution in [1.82, 2.24) is 20.2 Å². The number of nitriles is 1. The number of nitrogens with zero attached hydrogens (tertiary/aromatic N) is 5. The largest absolute Gasteiger partial charge is 0.381 e. The molecule has 3 fully saturated rings. The van der Waals surface area contributed by atoms with Crippen molar-refractivity contribution in [3.05, 3.63) is 65.3 Å². The van der Waals surface area contributed by atoms with Gasteiger partial charge in [0.2, 0.25) is 5.91 Å². The van der Waals surface area contributed by atoms with E-state index in [0.29, 0.717) is 56.4 Å². The fourth-order valence-corrected chi connectivity index (χ4v) is 6.24. The molecule has 0 atom stereocenters. The first kappa shape index (κ1) is 30.8. The van der Waals surface area contributed by atoms with Gasteiger partial charge in [0.15, 0.2) is 0 Å². The molecule has 2 aromatic heterocycles. The zero-order valence-electron chi connectivity index (χ0n) is 25.1. The van der Waals surface area contributed by atoms with Gasteiger partial charge >= 0.3 is 6.03 Å². The number of piperidine rings is 1. The molecule has 0 spiro atoms.